The standard InChI is InChI=1S/C10H11NO2/c1-7(12)13-9-3-2-8-4-5-11-10(8)6-9/h2-3,6,11H,4-5H2,1H3. The second-order valence-electron chi connectivity index (χ2n) is 3.09. The molecule has 1 N–H and O–H groups in total. The van der Waals surface area contributed by atoms with Crippen molar-refractivity contribution in [1.82, 2.24) is 0 Å². The quantitative estimate of drug-likeness (QED) is 0.522. The van der Waals surface area contributed by atoms with Crippen LogP contribution in [-0.2, 0) is 11.2 Å². The summed E-state index contributed by atoms with van der Waals surface area (Å²) in [6.45, 7) is 2.37. The minimum absolute atomic E-state index is 0.280. The molecule has 68 valence electrons. The third-order valence-corrected chi connectivity index (χ3v) is 2.05. The number of ether oxygens (including phenoxy) is 1. The summed E-state index contributed by atoms with van der Waals surface area (Å²) >= 11 is 0. The third kappa shape index (κ3) is 1.64. The average molecular weight is 177 g/mol. The maximum Gasteiger partial charge on any atom is 0.308 e. The van der Waals surface area contributed by atoms with Gasteiger partial charge in [0.2, 0.25) is 0 Å². The molecule has 0 saturated carbocycles. The molecule has 1 aromatic carbocycles. The van der Waals surface area contributed by atoms with E-state index in [2.05, 4.69) is 5.32 Å². The Morgan fingerprint density at radius 2 is 2.38 bits per heavy atom. The molecule has 13 heavy (non-hydrogen) atoms. The molecule has 0 saturated heterocycles. The number of benzene rings is 1. The zero-order chi connectivity index (χ0) is 9.26. The van der Waals surface area contributed by atoms with Gasteiger partial charge in [-0.15, -0.1) is 0 Å². The molecule has 0 unspecified atom stereocenters. The van der Waals surface area contributed by atoms with Gasteiger partial charge in [-0.3, -0.25) is 4.79 Å². The lowest BCUT2D eigenvalue weighted by Crippen LogP contribution is -2.01. The first-order valence-corrected chi connectivity index (χ1v) is 4.31. The molecule has 0 atom stereocenters. The van der Waals surface area contributed by atoms with Crippen molar-refractivity contribution in [2.45, 2.75) is 13.3 Å². The van der Waals surface area contributed by atoms with E-state index in [9.17, 15) is 4.79 Å². The van der Waals surface area contributed by atoms with Gasteiger partial charge in [0.25, 0.3) is 0 Å². The molecule has 0 fully saturated rings. The van der Waals surface area contributed by atoms with Crippen molar-refractivity contribution in [1.29, 1.82) is 0 Å². The zero-order valence-corrected chi connectivity index (χ0v) is 7.46. The van der Waals surface area contributed by atoms with E-state index in [1.807, 2.05) is 18.2 Å². The van der Waals surface area contributed by atoms with Crippen LogP contribution in [0.3, 0.4) is 0 Å². The maximum atomic E-state index is 10.7. The highest BCUT2D eigenvalue weighted by Gasteiger charge is 2.10. The van der Waals surface area contributed by atoms with Gasteiger partial charge in [-0.2, -0.15) is 0 Å². The highest BCUT2D eigenvalue weighted by molar-refractivity contribution is 5.70. The molecule has 0 radical (unpaired) electrons. The molecule has 1 heterocycles. The number of hydrogen-bond acceptors (Lipinski definition) is 3. The van der Waals surface area contributed by atoms with E-state index in [0.717, 1.165) is 18.7 Å². The summed E-state index contributed by atoms with van der Waals surface area (Å²) in [6.07, 6.45) is 1.05. The molecule has 0 amide bonds. The maximum absolute atomic E-state index is 10.7. The Labute approximate surface area is 76.7 Å². The smallest absolute Gasteiger partial charge is 0.308 e. The van der Waals surface area contributed by atoms with Crippen LogP contribution in [0.1, 0.15) is 12.5 Å². The lowest BCUT2D eigenvalue weighted by Gasteiger charge is -2.03. The molecule has 0 spiro atoms. The molecule has 3 heteroatoms. The van der Waals surface area contributed by atoms with E-state index in [0.29, 0.717) is 5.75 Å². The third-order valence-electron chi connectivity index (χ3n) is 2.05. The van der Waals surface area contributed by atoms with Crippen molar-refractivity contribution >= 4 is 11.7 Å². The van der Waals surface area contributed by atoms with Crippen LogP contribution in [0.25, 0.3) is 0 Å². The monoisotopic (exact) mass is 177 g/mol. The van der Waals surface area contributed by atoms with Gasteiger partial charge in [-0.05, 0) is 18.1 Å². The summed E-state index contributed by atoms with van der Waals surface area (Å²) in [5.74, 6) is 0.332. The number of nitrogens with one attached hydrogen (secondary N) is 1. The van der Waals surface area contributed by atoms with E-state index in [1.165, 1.54) is 12.5 Å². The topological polar surface area (TPSA) is 38.3 Å². The van der Waals surface area contributed by atoms with E-state index in [1.54, 1.807) is 0 Å². The Balaban J connectivity index is 2.25. The van der Waals surface area contributed by atoms with Crippen LogP contribution >= 0.6 is 0 Å². The second kappa shape index (κ2) is 3.09. The summed E-state index contributed by atoms with van der Waals surface area (Å²) in [5.41, 5.74) is 2.37. The predicted octanol–water partition coefficient (Wildman–Crippen LogP) is 1.58. The minimum atomic E-state index is -0.280. The van der Waals surface area contributed by atoms with Gasteiger partial charge in [0, 0.05) is 25.2 Å². The van der Waals surface area contributed by atoms with Gasteiger partial charge in [-0.25, -0.2) is 0 Å². The Morgan fingerprint density at radius 3 is 3.15 bits per heavy atom. The predicted molar refractivity (Wildman–Crippen MR) is 49.9 cm³/mol. The summed E-state index contributed by atoms with van der Waals surface area (Å²) in [7, 11) is 0. The lowest BCUT2D eigenvalue weighted by atomic mass is 10.1. The van der Waals surface area contributed by atoms with Crippen LogP contribution in [0.5, 0.6) is 5.75 Å². The van der Waals surface area contributed by atoms with Gasteiger partial charge >= 0.3 is 5.97 Å². The molecule has 1 aliphatic rings. The molecule has 1 aromatic rings. The van der Waals surface area contributed by atoms with E-state index < -0.39 is 0 Å². The molecular weight excluding hydrogens is 166 g/mol. The van der Waals surface area contributed by atoms with Crippen LogP contribution in [-0.4, -0.2) is 12.5 Å². The molecule has 0 bridgehead atoms. The van der Waals surface area contributed by atoms with Crippen LogP contribution < -0.4 is 10.1 Å². The molecule has 2 rings (SSSR count). The molecule has 1 aliphatic heterocycles. The Kier molecular flexibility index (Phi) is 1.93. The van der Waals surface area contributed by atoms with Crippen molar-refractivity contribution in [2.75, 3.05) is 11.9 Å². The van der Waals surface area contributed by atoms with Crippen molar-refractivity contribution in [2.24, 2.45) is 0 Å². The number of rotatable bonds is 1. The van der Waals surface area contributed by atoms with Gasteiger partial charge in [0.1, 0.15) is 5.75 Å². The van der Waals surface area contributed by atoms with Crippen molar-refractivity contribution < 1.29 is 9.53 Å². The summed E-state index contributed by atoms with van der Waals surface area (Å²) in [5, 5.41) is 3.22. The van der Waals surface area contributed by atoms with Crippen LogP contribution in [0, 0.1) is 0 Å². The zero-order valence-electron chi connectivity index (χ0n) is 7.46. The Hall–Kier alpha value is -1.51. The van der Waals surface area contributed by atoms with E-state index in [-0.39, 0.29) is 5.97 Å². The first-order chi connectivity index (χ1) is 6.25. The highest BCUT2D eigenvalue weighted by Crippen LogP contribution is 2.26. The Morgan fingerprint density at radius 1 is 1.54 bits per heavy atom. The number of hydrogen-bond donors (Lipinski definition) is 1. The van der Waals surface area contributed by atoms with Crippen LogP contribution in [0.2, 0.25) is 0 Å². The summed E-state index contributed by atoms with van der Waals surface area (Å²) in [4.78, 5) is 10.7. The second-order valence-corrected chi connectivity index (χ2v) is 3.09. The fourth-order valence-electron chi connectivity index (χ4n) is 1.50. The fraction of sp³-hybridized carbons (Fsp3) is 0.300. The number of anilines is 1. The first kappa shape index (κ1) is 8.10. The first-order valence-electron chi connectivity index (χ1n) is 4.31. The van der Waals surface area contributed by atoms with Crippen molar-refractivity contribution in [3.05, 3.63) is 23.8 Å². The number of esters is 1. The van der Waals surface area contributed by atoms with Gasteiger partial charge in [0.05, 0.1) is 0 Å². The van der Waals surface area contributed by atoms with Crippen LogP contribution in [0.4, 0.5) is 5.69 Å². The Bertz CT molecular complexity index is 347. The van der Waals surface area contributed by atoms with Gasteiger partial charge in [-0.1, -0.05) is 6.07 Å². The normalized spacial score (nSPS) is 13.3. The molecular formula is C10H11NO2. The SMILES string of the molecule is CC(=O)Oc1ccc2c(c1)NCC2. The van der Waals surface area contributed by atoms with Crippen molar-refractivity contribution in [3.8, 4) is 5.75 Å². The van der Waals surface area contributed by atoms with Gasteiger partial charge < -0.3 is 10.1 Å². The van der Waals surface area contributed by atoms with Crippen molar-refractivity contribution in [3.63, 3.8) is 0 Å². The minimum Gasteiger partial charge on any atom is -0.427 e. The average Bonchev–Trinajstić information content (AvgIpc) is 2.49. The number of fused-ring (bicyclic) bond motifs is 1. The highest BCUT2D eigenvalue weighted by atomic mass is 16.5. The fourth-order valence-corrected chi connectivity index (χ4v) is 1.50. The summed E-state index contributed by atoms with van der Waals surface area (Å²) in [6, 6.07) is 5.69. The number of carbonyl (C=O) groups excluding carboxylic acids is 1. The summed E-state index contributed by atoms with van der Waals surface area (Å²) < 4.78 is 4.96. The molecule has 0 aliphatic carbocycles. The number of carbonyl (C=O) groups is 1. The van der Waals surface area contributed by atoms with E-state index in [4.69, 9.17) is 4.74 Å². The van der Waals surface area contributed by atoms with Gasteiger partial charge in [0.15, 0.2) is 0 Å². The molecule has 3 nitrogen and oxygen atoms in total. The molecule has 0 aromatic heterocycles. The lowest BCUT2D eigenvalue weighted by molar-refractivity contribution is -0.131. The largest absolute Gasteiger partial charge is 0.427 e. The van der Waals surface area contributed by atoms with Crippen LogP contribution in [0.15, 0.2) is 18.2 Å². The van der Waals surface area contributed by atoms with E-state index >= 15 is 0 Å².